The summed E-state index contributed by atoms with van der Waals surface area (Å²) in [6, 6.07) is 9.98. The average molecular weight is 416 g/mol. The molecule has 0 spiro atoms. The number of Topliss-reactive ketones (excluding diaryl/α,β-unsaturated/α-hetero) is 1. The van der Waals surface area contributed by atoms with Gasteiger partial charge in [-0.25, -0.2) is 0 Å². The molecular weight excluding hydrogens is 390 g/mol. The van der Waals surface area contributed by atoms with Gasteiger partial charge in [0.15, 0.2) is 0 Å². The van der Waals surface area contributed by atoms with Gasteiger partial charge in [-0.3, -0.25) is 9.59 Å². The summed E-state index contributed by atoms with van der Waals surface area (Å²) in [6.07, 6.45) is 0. The van der Waals surface area contributed by atoms with Crippen molar-refractivity contribution in [3.63, 3.8) is 0 Å². The van der Waals surface area contributed by atoms with Gasteiger partial charge in [0.2, 0.25) is 0 Å². The zero-order valence-corrected chi connectivity index (χ0v) is 17.6. The lowest BCUT2D eigenvalue weighted by molar-refractivity contribution is -0.140. The highest BCUT2D eigenvalue weighted by molar-refractivity contribution is 7.10. The molecule has 1 saturated heterocycles. The van der Waals surface area contributed by atoms with Crippen LogP contribution in [0.3, 0.4) is 0 Å². The Labute approximate surface area is 174 Å². The summed E-state index contributed by atoms with van der Waals surface area (Å²) in [4.78, 5) is 27.7. The average Bonchev–Trinajstić information content (AvgIpc) is 3.32. The minimum Gasteiger partial charge on any atom is -0.507 e. The maximum absolute atomic E-state index is 12.8. The zero-order chi connectivity index (χ0) is 21.0. The number of carbonyl (C=O) groups excluding carboxylic acids is 2. The van der Waals surface area contributed by atoms with Crippen LogP contribution >= 0.6 is 11.3 Å². The number of thiophene rings is 1. The van der Waals surface area contributed by atoms with Crippen LogP contribution < -0.4 is 4.74 Å². The first kappa shape index (κ1) is 21.1. The Morgan fingerprint density at radius 1 is 1.21 bits per heavy atom. The quantitative estimate of drug-likeness (QED) is 0.403. The van der Waals surface area contributed by atoms with Gasteiger partial charge in [-0.05, 0) is 41.6 Å². The Morgan fingerprint density at radius 3 is 2.52 bits per heavy atom. The number of hydrogen-bond donors (Lipinski definition) is 1. The van der Waals surface area contributed by atoms with Crippen molar-refractivity contribution >= 4 is 28.8 Å². The molecule has 1 amide bonds. The number of aliphatic hydroxyl groups is 1. The molecule has 1 aliphatic rings. The molecule has 1 N–H and O–H groups in total. The van der Waals surface area contributed by atoms with Crippen molar-refractivity contribution in [2.75, 3.05) is 26.9 Å². The van der Waals surface area contributed by atoms with E-state index in [4.69, 9.17) is 9.47 Å². The van der Waals surface area contributed by atoms with E-state index < -0.39 is 17.7 Å². The van der Waals surface area contributed by atoms with Gasteiger partial charge in [-0.15, -0.1) is 11.3 Å². The molecule has 0 bridgehead atoms. The summed E-state index contributed by atoms with van der Waals surface area (Å²) in [5.41, 5.74) is 0.567. The van der Waals surface area contributed by atoms with Crippen LogP contribution in [0.15, 0.2) is 47.4 Å². The SMILES string of the molecule is COCCN1C(=O)C(=O)/C(=C(\O)c2ccc(OCC(C)C)cc2)C1c1cccs1. The van der Waals surface area contributed by atoms with E-state index in [9.17, 15) is 14.7 Å². The molecule has 1 fully saturated rings. The minimum atomic E-state index is -0.683. The van der Waals surface area contributed by atoms with Crippen molar-refractivity contribution in [2.45, 2.75) is 19.9 Å². The molecule has 0 radical (unpaired) electrons. The fraction of sp³-hybridized carbons (Fsp3) is 0.364. The number of carbonyl (C=O) groups is 2. The topological polar surface area (TPSA) is 76.1 Å². The number of ether oxygens (including phenoxy) is 2. The molecule has 1 aliphatic heterocycles. The lowest BCUT2D eigenvalue weighted by Gasteiger charge is -2.23. The Morgan fingerprint density at radius 2 is 1.93 bits per heavy atom. The second-order valence-corrected chi connectivity index (χ2v) is 8.21. The summed E-state index contributed by atoms with van der Waals surface area (Å²) in [5, 5.41) is 12.8. The normalized spacial score (nSPS) is 18.6. The number of hydrogen-bond acceptors (Lipinski definition) is 6. The van der Waals surface area contributed by atoms with Crippen molar-refractivity contribution in [1.29, 1.82) is 0 Å². The zero-order valence-electron chi connectivity index (χ0n) is 16.8. The van der Waals surface area contributed by atoms with Crippen LogP contribution in [0.2, 0.25) is 0 Å². The van der Waals surface area contributed by atoms with E-state index in [1.807, 2.05) is 17.5 Å². The van der Waals surface area contributed by atoms with Crippen LogP contribution in [0.25, 0.3) is 5.76 Å². The maximum Gasteiger partial charge on any atom is 0.295 e. The lowest BCUT2D eigenvalue weighted by Crippen LogP contribution is -2.32. The molecule has 2 heterocycles. The van der Waals surface area contributed by atoms with E-state index in [0.717, 1.165) is 4.88 Å². The maximum atomic E-state index is 12.8. The van der Waals surface area contributed by atoms with E-state index >= 15 is 0 Å². The summed E-state index contributed by atoms with van der Waals surface area (Å²) in [6.45, 7) is 5.29. The van der Waals surface area contributed by atoms with E-state index in [1.54, 1.807) is 31.4 Å². The number of likely N-dealkylation sites (tertiary alicyclic amines) is 1. The van der Waals surface area contributed by atoms with E-state index in [2.05, 4.69) is 13.8 Å². The Hall–Kier alpha value is -2.64. The third-order valence-electron chi connectivity index (χ3n) is 4.60. The van der Waals surface area contributed by atoms with Gasteiger partial charge in [-0.1, -0.05) is 19.9 Å². The standard InChI is InChI=1S/C22H25NO5S/c1-14(2)13-28-16-8-6-15(7-9-16)20(24)18-19(17-5-4-12-29-17)23(10-11-27-3)22(26)21(18)25/h4-9,12,14,19,24H,10-11,13H2,1-3H3/b20-18-. The van der Waals surface area contributed by atoms with Gasteiger partial charge >= 0.3 is 0 Å². The van der Waals surface area contributed by atoms with Crippen LogP contribution in [-0.4, -0.2) is 48.6 Å². The van der Waals surface area contributed by atoms with Gasteiger partial charge in [0.1, 0.15) is 11.5 Å². The first-order valence-corrected chi connectivity index (χ1v) is 10.4. The number of amides is 1. The van der Waals surface area contributed by atoms with Gasteiger partial charge in [0, 0.05) is 24.1 Å². The van der Waals surface area contributed by atoms with Crippen molar-refractivity contribution in [3.05, 3.63) is 57.8 Å². The van der Waals surface area contributed by atoms with Crippen LogP contribution in [0.5, 0.6) is 5.75 Å². The van der Waals surface area contributed by atoms with Gasteiger partial charge in [-0.2, -0.15) is 0 Å². The van der Waals surface area contributed by atoms with Crippen molar-refractivity contribution in [2.24, 2.45) is 5.92 Å². The third kappa shape index (κ3) is 4.52. The molecule has 1 aromatic heterocycles. The predicted octanol–water partition coefficient (Wildman–Crippen LogP) is 3.85. The molecule has 1 unspecified atom stereocenters. The Kier molecular flexibility index (Phi) is 6.71. The first-order valence-electron chi connectivity index (χ1n) is 9.48. The van der Waals surface area contributed by atoms with E-state index in [-0.39, 0.29) is 17.9 Å². The number of ketones is 1. The molecule has 6 nitrogen and oxygen atoms in total. The number of aliphatic hydroxyl groups excluding tert-OH is 1. The van der Waals surface area contributed by atoms with Crippen molar-refractivity contribution < 1.29 is 24.2 Å². The summed E-state index contributed by atoms with van der Waals surface area (Å²) < 4.78 is 10.8. The molecule has 154 valence electrons. The van der Waals surface area contributed by atoms with Crippen LogP contribution in [0, 0.1) is 5.92 Å². The van der Waals surface area contributed by atoms with Crippen LogP contribution in [-0.2, 0) is 14.3 Å². The molecule has 1 aromatic carbocycles. The van der Waals surface area contributed by atoms with Crippen molar-refractivity contribution in [3.8, 4) is 5.75 Å². The second kappa shape index (κ2) is 9.24. The molecule has 3 rings (SSSR count). The van der Waals surface area contributed by atoms with Crippen LogP contribution in [0.4, 0.5) is 0 Å². The predicted molar refractivity (Wildman–Crippen MR) is 112 cm³/mol. The minimum absolute atomic E-state index is 0.101. The third-order valence-corrected chi connectivity index (χ3v) is 5.52. The smallest absolute Gasteiger partial charge is 0.295 e. The molecule has 0 saturated carbocycles. The molecule has 2 aromatic rings. The van der Waals surface area contributed by atoms with Crippen LogP contribution in [0.1, 0.15) is 30.3 Å². The number of benzene rings is 1. The summed E-state index contributed by atoms with van der Waals surface area (Å²) in [7, 11) is 1.54. The molecular formula is C22H25NO5S. The fourth-order valence-electron chi connectivity index (χ4n) is 3.17. The lowest BCUT2D eigenvalue weighted by atomic mass is 10.00. The highest BCUT2D eigenvalue weighted by Crippen LogP contribution is 2.40. The Bertz CT molecular complexity index is 886. The highest BCUT2D eigenvalue weighted by atomic mass is 32.1. The molecule has 29 heavy (non-hydrogen) atoms. The monoisotopic (exact) mass is 415 g/mol. The fourth-order valence-corrected chi connectivity index (χ4v) is 4.02. The summed E-state index contributed by atoms with van der Waals surface area (Å²) in [5.74, 6) is -0.407. The second-order valence-electron chi connectivity index (χ2n) is 7.23. The molecule has 0 aliphatic carbocycles. The molecule has 1 atom stereocenters. The van der Waals surface area contributed by atoms with E-state index in [1.165, 1.54) is 16.2 Å². The number of rotatable bonds is 8. The van der Waals surface area contributed by atoms with E-state index in [0.29, 0.717) is 30.4 Å². The molecule has 7 heteroatoms. The summed E-state index contributed by atoms with van der Waals surface area (Å²) >= 11 is 1.44. The Balaban J connectivity index is 1.97. The van der Waals surface area contributed by atoms with Gasteiger partial charge in [0.05, 0.1) is 24.8 Å². The highest BCUT2D eigenvalue weighted by Gasteiger charge is 2.46. The number of nitrogens with zero attached hydrogens (tertiary/aromatic N) is 1. The number of methoxy groups -OCH3 is 1. The first-order chi connectivity index (χ1) is 13.9. The largest absolute Gasteiger partial charge is 0.507 e. The van der Waals surface area contributed by atoms with Gasteiger partial charge in [0.25, 0.3) is 11.7 Å². The van der Waals surface area contributed by atoms with Crippen molar-refractivity contribution in [1.82, 2.24) is 4.90 Å². The van der Waals surface area contributed by atoms with Gasteiger partial charge < -0.3 is 19.5 Å².